The van der Waals surface area contributed by atoms with Crippen LogP contribution in [-0.2, 0) is 14.3 Å². The van der Waals surface area contributed by atoms with Gasteiger partial charge in [-0.1, -0.05) is 37.1 Å². The van der Waals surface area contributed by atoms with Gasteiger partial charge in [-0.25, -0.2) is 14.3 Å². The van der Waals surface area contributed by atoms with Gasteiger partial charge in [0.2, 0.25) is 0 Å². The first-order chi connectivity index (χ1) is 16.7. The average Bonchev–Trinajstić information content (AvgIpc) is 3.48. The number of aromatic nitrogens is 4. The zero-order valence-corrected chi connectivity index (χ0v) is 20.6. The van der Waals surface area contributed by atoms with Crippen molar-refractivity contribution >= 4 is 34.2 Å². The molecule has 4 rings (SSSR count). The molecule has 35 heavy (non-hydrogen) atoms. The van der Waals surface area contributed by atoms with Crippen molar-refractivity contribution < 1.29 is 19.1 Å². The van der Waals surface area contributed by atoms with E-state index in [1.54, 1.807) is 32.4 Å². The number of hydrogen-bond acceptors (Lipinski definition) is 8. The van der Waals surface area contributed by atoms with Gasteiger partial charge >= 0.3 is 12.1 Å². The average molecular weight is 481 g/mol. The molecule has 3 aromatic rings. The van der Waals surface area contributed by atoms with Gasteiger partial charge in [-0.05, 0) is 73.9 Å². The van der Waals surface area contributed by atoms with E-state index in [-0.39, 0.29) is 12.6 Å². The van der Waals surface area contributed by atoms with E-state index in [4.69, 9.17) is 9.47 Å². The Bertz CT molecular complexity index is 1200. The van der Waals surface area contributed by atoms with Gasteiger partial charge in [0.15, 0.2) is 11.9 Å². The number of esters is 1. The van der Waals surface area contributed by atoms with E-state index in [1.165, 1.54) is 0 Å². The summed E-state index contributed by atoms with van der Waals surface area (Å²) in [5, 5.41) is 20.2. The molecule has 10 heteroatoms. The van der Waals surface area contributed by atoms with E-state index < -0.39 is 23.7 Å². The van der Waals surface area contributed by atoms with Gasteiger partial charge in [-0.15, -0.1) is 5.10 Å². The number of nitrogens with zero attached hydrogens (tertiary/aromatic N) is 4. The Morgan fingerprint density at radius 1 is 1.11 bits per heavy atom. The molecule has 2 N–H and O–H groups in total. The van der Waals surface area contributed by atoms with Crippen molar-refractivity contribution in [2.24, 2.45) is 0 Å². The predicted molar refractivity (Wildman–Crippen MR) is 132 cm³/mol. The van der Waals surface area contributed by atoms with Crippen LogP contribution in [0.5, 0.6) is 0 Å². The number of rotatable bonds is 7. The fraction of sp³-hybridized carbons (Fsp3) is 0.480. The van der Waals surface area contributed by atoms with Crippen LogP contribution in [0.3, 0.4) is 0 Å². The zero-order chi connectivity index (χ0) is 25.0. The summed E-state index contributed by atoms with van der Waals surface area (Å²) in [4.78, 5) is 25.7. The van der Waals surface area contributed by atoms with E-state index in [0.29, 0.717) is 17.2 Å². The summed E-state index contributed by atoms with van der Waals surface area (Å²) in [6, 6.07) is 10.6. The van der Waals surface area contributed by atoms with Crippen LogP contribution in [0.2, 0.25) is 0 Å². The van der Waals surface area contributed by atoms with Crippen molar-refractivity contribution in [3.63, 3.8) is 0 Å². The largest absolute Gasteiger partial charge is 0.464 e. The molecule has 10 nitrogen and oxygen atoms in total. The summed E-state index contributed by atoms with van der Waals surface area (Å²) in [5.74, 6) is -0.121. The molecule has 1 amide bonds. The number of ether oxygens (including phenoxy) is 2. The molecule has 2 aromatic carbocycles. The first-order valence-corrected chi connectivity index (χ1v) is 12.0. The summed E-state index contributed by atoms with van der Waals surface area (Å²) in [6.45, 7) is 7.35. The smallest absolute Gasteiger partial charge is 0.412 e. The van der Waals surface area contributed by atoms with Gasteiger partial charge in [0.1, 0.15) is 5.60 Å². The Morgan fingerprint density at radius 3 is 2.40 bits per heavy atom. The Hall–Kier alpha value is -3.69. The molecule has 1 aliphatic rings. The van der Waals surface area contributed by atoms with Gasteiger partial charge in [-0.2, -0.15) is 0 Å². The number of nitrogens with one attached hydrogen (secondary N) is 2. The second-order valence-electron chi connectivity index (χ2n) is 9.62. The van der Waals surface area contributed by atoms with E-state index in [1.807, 2.05) is 36.4 Å². The number of fused-ring (bicyclic) bond motifs is 1. The summed E-state index contributed by atoms with van der Waals surface area (Å²) in [6.07, 6.45) is 3.50. The Labute approximate surface area is 204 Å². The molecule has 0 saturated heterocycles. The number of amides is 1. The third kappa shape index (κ3) is 5.87. The molecule has 1 saturated carbocycles. The molecule has 1 unspecified atom stereocenters. The Kier molecular flexibility index (Phi) is 7.18. The molecule has 1 atom stereocenters. The van der Waals surface area contributed by atoms with Gasteiger partial charge in [0, 0.05) is 0 Å². The third-order valence-electron chi connectivity index (χ3n) is 5.79. The topological polar surface area (TPSA) is 120 Å². The highest BCUT2D eigenvalue weighted by Gasteiger charge is 2.32. The SMILES string of the molecule is CCOC(=O)C(Nc1cc2ccccc2cc1NC(=O)OC(C)(C)C)c1nnnn1C1CCCC1. The number of carbonyl (C=O) groups is 2. The Morgan fingerprint density at radius 2 is 1.77 bits per heavy atom. The van der Waals surface area contributed by atoms with Crippen molar-refractivity contribution in [3.8, 4) is 0 Å². The first kappa shape index (κ1) is 24.4. The van der Waals surface area contributed by atoms with Gasteiger partial charge in [0.25, 0.3) is 0 Å². The minimum atomic E-state index is -0.967. The van der Waals surface area contributed by atoms with Crippen LogP contribution < -0.4 is 10.6 Å². The van der Waals surface area contributed by atoms with Crippen LogP contribution >= 0.6 is 0 Å². The molecule has 0 spiro atoms. The monoisotopic (exact) mass is 480 g/mol. The highest BCUT2D eigenvalue weighted by Crippen LogP contribution is 2.34. The zero-order valence-electron chi connectivity index (χ0n) is 20.6. The van der Waals surface area contributed by atoms with Crippen LogP contribution in [0, 0.1) is 0 Å². The quantitative estimate of drug-likeness (QED) is 0.453. The van der Waals surface area contributed by atoms with Crippen molar-refractivity contribution in [3.05, 3.63) is 42.2 Å². The lowest BCUT2D eigenvalue weighted by atomic mass is 10.1. The second-order valence-corrected chi connectivity index (χ2v) is 9.62. The van der Waals surface area contributed by atoms with Crippen molar-refractivity contribution in [2.45, 2.75) is 71.1 Å². The minimum Gasteiger partial charge on any atom is -0.464 e. The van der Waals surface area contributed by atoms with Crippen LogP contribution in [0.15, 0.2) is 36.4 Å². The third-order valence-corrected chi connectivity index (χ3v) is 5.79. The fourth-order valence-corrected chi connectivity index (χ4v) is 4.29. The molecule has 1 aromatic heterocycles. The lowest BCUT2D eigenvalue weighted by Gasteiger charge is -2.23. The van der Waals surface area contributed by atoms with E-state index in [2.05, 4.69) is 26.2 Å². The molecule has 1 fully saturated rings. The van der Waals surface area contributed by atoms with Gasteiger partial charge in [-0.3, -0.25) is 5.32 Å². The maximum absolute atomic E-state index is 13.1. The van der Waals surface area contributed by atoms with Crippen LogP contribution in [0.4, 0.5) is 16.2 Å². The summed E-state index contributed by atoms with van der Waals surface area (Å²) < 4.78 is 12.5. The lowest BCUT2D eigenvalue weighted by Crippen LogP contribution is -2.29. The number of benzene rings is 2. The predicted octanol–water partition coefficient (Wildman–Crippen LogP) is 5.00. The first-order valence-electron chi connectivity index (χ1n) is 12.0. The Balaban J connectivity index is 1.73. The minimum absolute atomic E-state index is 0.134. The normalized spacial score (nSPS) is 15.1. The van der Waals surface area contributed by atoms with E-state index in [0.717, 1.165) is 36.5 Å². The molecule has 186 valence electrons. The van der Waals surface area contributed by atoms with Crippen molar-refractivity contribution in [1.29, 1.82) is 0 Å². The molecule has 1 aliphatic carbocycles. The number of hydrogen-bond donors (Lipinski definition) is 2. The molecule has 1 heterocycles. The maximum atomic E-state index is 13.1. The highest BCUT2D eigenvalue weighted by molar-refractivity contribution is 5.98. The van der Waals surface area contributed by atoms with Gasteiger partial charge < -0.3 is 14.8 Å². The van der Waals surface area contributed by atoms with E-state index >= 15 is 0 Å². The lowest BCUT2D eigenvalue weighted by molar-refractivity contribution is -0.144. The van der Waals surface area contributed by atoms with Crippen LogP contribution in [0.1, 0.15) is 71.3 Å². The van der Waals surface area contributed by atoms with Crippen LogP contribution in [-0.4, -0.2) is 44.5 Å². The molecular formula is C25H32N6O4. The molecule has 0 bridgehead atoms. The number of carbonyl (C=O) groups excluding carboxylic acids is 2. The fourth-order valence-electron chi connectivity index (χ4n) is 4.29. The second kappa shape index (κ2) is 10.3. The highest BCUT2D eigenvalue weighted by atomic mass is 16.6. The molecule has 0 radical (unpaired) electrons. The van der Waals surface area contributed by atoms with Crippen LogP contribution in [0.25, 0.3) is 10.8 Å². The van der Waals surface area contributed by atoms with Crippen molar-refractivity contribution in [2.75, 3.05) is 17.2 Å². The molecule has 0 aliphatic heterocycles. The summed E-state index contributed by atoms with van der Waals surface area (Å²) >= 11 is 0. The summed E-state index contributed by atoms with van der Waals surface area (Å²) in [5.41, 5.74) is 0.325. The summed E-state index contributed by atoms with van der Waals surface area (Å²) in [7, 11) is 0. The van der Waals surface area contributed by atoms with E-state index in [9.17, 15) is 9.59 Å². The number of anilines is 2. The molecular weight excluding hydrogens is 448 g/mol. The maximum Gasteiger partial charge on any atom is 0.412 e. The van der Waals surface area contributed by atoms with Gasteiger partial charge in [0.05, 0.1) is 24.0 Å². The van der Waals surface area contributed by atoms with Crippen molar-refractivity contribution in [1.82, 2.24) is 20.2 Å². The number of tetrazole rings is 1. The standard InChI is InChI=1S/C25H32N6O4/c1-5-34-23(32)21(22-28-29-30-31(22)18-12-8-9-13-18)26-19-14-16-10-6-7-11-17(16)15-20(19)27-24(33)35-25(2,3)4/h6-7,10-11,14-15,18,21,26H,5,8-9,12-13H2,1-4H3,(H,27,33).